The Bertz CT molecular complexity index is 222. The highest BCUT2D eigenvalue weighted by Gasteiger charge is 2.35. The lowest BCUT2D eigenvalue weighted by Crippen LogP contribution is -2.35. The van der Waals surface area contributed by atoms with Crippen molar-refractivity contribution in [1.82, 2.24) is 0 Å². The molecule has 0 aromatic heterocycles. The first kappa shape index (κ1) is 8.67. The van der Waals surface area contributed by atoms with Gasteiger partial charge in [-0.25, -0.2) is 0 Å². The fourth-order valence-electron chi connectivity index (χ4n) is 2.02. The van der Waals surface area contributed by atoms with Gasteiger partial charge >= 0.3 is 0 Å². The summed E-state index contributed by atoms with van der Waals surface area (Å²) in [6.07, 6.45) is 10.5. The maximum Gasteiger partial charge on any atom is 0.250 e. The molecule has 0 aromatic carbocycles. The Balaban J connectivity index is 2.09. The summed E-state index contributed by atoms with van der Waals surface area (Å²) in [6.45, 7) is 3.81. The van der Waals surface area contributed by atoms with E-state index in [9.17, 15) is 0 Å². The van der Waals surface area contributed by atoms with E-state index in [2.05, 4.69) is 6.58 Å². The minimum atomic E-state index is -0.373. The Morgan fingerprint density at radius 2 is 1.85 bits per heavy atom. The first-order valence-corrected chi connectivity index (χ1v) is 5.03. The molecule has 13 heavy (non-hydrogen) atoms. The van der Waals surface area contributed by atoms with E-state index in [0.717, 1.165) is 18.6 Å². The molecular weight excluding hydrogens is 164 g/mol. The first-order valence-electron chi connectivity index (χ1n) is 5.03. The summed E-state index contributed by atoms with van der Waals surface area (Å²) < 4.78 is 11.3. The van der Waals surface area contributed by atoms with Crippen LogP contribution in [0.5, 0.6) is 0 Å². The average molecular weight is 180 g/mol. The van der Waals surface area contributed by atoms with Gasteiger partial charge in [-0.05, 0) is 12.8 Å². The Morgan fingerprint density at radius 3 is 2.46 bits per heavy atom. The van der Waals surface area contributed by atoms with Crippen LogP contribution >= 0.6 is 0 Å². The minimum absolute atomic E-state index is 0.373. The van der Waals surface area contributed by atoms with Crippen LogP contribution in [-0.2, 0) is 9.47 Å². The lowest BCUT2D eigenvalue weighted by atomic mass is 10.1. The van der Waals surface area contributed by atoms with E-state index < -0.39 is 0 Å². The molecule has 1 saturated carbocycles. The Labute approximate surface area is 79.2 Å². The molecule has 72 valence electrons. The zero-order valence-corrected chi connectivity index (χ0v) is 7.92. The van der Waals surface area contributed by atoms with E-state index in [1.54, 1.807) is 12.3 Å². The maximum atomic E-state index is 5.69. The van der Waals surface area contributed by atoms with Crippen LogP contribution in [0.2, 0.25) is 0 Å². The Morgan fingerprint density at radius 1 is 1.15 bits per heavy atom. The van der Waals surface area contributed by atoms with Crippen molar-refractivity contribution in [1.29, 1.82) is 0 Å². The number of allylic oxidation sites excluding steroid dienone is 1. The summed E-state index contributed by atoms with van der Waals surface area (Å²) in [5, 5.41) is 0. The van der Waals surface area contributed by atoms with Crippen molar-refractivity contribution in [3.05, 3.63) is 24.7 Å². The van der Waals surface area contributed by atoms with Crippen LogP contribution in [0.4, 0.5) is 0 Å². The van der Waals surface area contributed by atoms with Crippen molar-refractivity contribution in [3.63, 3.8) is 0 Å². The highest BCUT2D eigenvalue weighted by molar-refractivity contribution is 5.09. The largest absolute Gasteiger partial charge is 0.460 e. The molecular formula is C11H16O2. The van der Waals surface area contributed by atoms with Gasteiger partial charge in [0.15, 0.2) is 0 Å². The third-order valence-electron chi connectivity index (χ3n) is 2.72. The quantitative estimate of drug-likeness (QED) is 0.570. The van der Waals surface area contributed by atoms with Crippen LogP contribution in [0, 0.1) is 0 Å². The fourth-order valence-corrected chi connectivity index (χ4v) is 2.02. The summed E-state index contributed by atoms with van der Waals surface area (Å²) in [6, 6.07) is 0. The minimum Gasteiger partial charge on any atom is -0.460 e. The molecule has 0 saturated heterocycles. The van der Waals surface area contributed by atoms with E-state index in [0.29, 0.717) is 0 Å². The van der Waals surface area contributed by atoms with Gasteiger partial charge in [0.1, 0.15) is 5.76 Å². The zero-order chi connectivity index (χ0) is 9.15. The van der Waals surface area contributed by atoms with Gasteiger partial charge in [0.25, 0.3) is 0 Å². The molecule has 2 nitrogen and oxygen atoms in total. The molecule has 1 aliphatic heterocycles. The van der Waals surface area contributed by atoms with Crippen LogP contribution < -0.4 is 0 Å². The summed E-state index contributed by atoms with van der Waals surface area (Å²) in [7, 11) is 0. The SMILES string of the molecule is C=C1C=COC2(CCCCCC2)O1. The summed E-state index contributed by atoms with van der Waals surface area (Å²) in [5.41, 5.74) is 0. The fraction of sp³-hybridized carbons (Fsp3) is 0.636. The molecule has 1 aliphatic carbocycles. The van der Waals surface area contributed by atoms with Crippen molar-refractivity contribution >= 4 is 0 Å². The standard InChI is InChI=1S/C11H16O2/c1-10-6-9-12-11(13-10)7-4-2-3-5-8-11/h6,9H,1-5,7-8H2. The molecule has 0 radical (unpaired) electrons. The third kappa shape index (κ3) is 1.87. The lowest BCUT2D eigenvalue weighted by Gasteiger charge is -2.35. The number of hydrogen-bond acceptors (Lipinski definition) is 2. The summed E-state index contributed by atoms with van der Waals surface area (Å²) in [5.74, 6) is 0.357. The van der Waals surface area contributed by atoms with Crippen LogP contribution in [-0.4, -0.2) is 5.79 Å². The van der Waals surface area contributed by atoms with Gasteiger partial charge in [0.05, 0.1) is 6.26 Å². The molecule has 0 amide bonds. The molecule has 1 spiro atoms. The first-order chi connectivity index (χ1) is 6.31. The highest BCUT2D eigenvalue weighted by atomic mass is 16.7. The van der Waals surface area contributed by atoms with Gasteiger partial charge < -0.3 is 9.47 Å². The van der Waals surface area contributed by atoms with Gasteiger partial charge in [-0.2, -0.15) is 0 Å². The number of rotatable bonds is 0. The van der Waals surface area contributed by atoms with E-state index in [1.807, 2.05) is 0 Å². The Kier molecular flexibility index (Phi) is 2.30. The molecule has 0 atom stereocenters. The topological polar surface area (TPSA) is 18.5 Å². The molecule has 2 rings (SSSR count). The van der Waals surface area contributed by atoms with Gasteiger partial charge in [-0.1, -0.05) is 19.4 Å². The average Bonchev–Trinajstić information content (AvgIpc) is 2.31. The molecule has 0 N–H and O–H groups in total. The number of hydrogen-bond donors (Lipinski definition) is 0. The van der Waals surface area contributed by atoms with E-state index in [-0.39, 0.29) is 5.79 Å². The van der Waals surface area contributed by atoms with E-state index >= 15 is 0 Å². The van der Waals surface area contributed by atoms with Crippen molar-refractivity contribution in [2.45, 2.75) is 44.3 Å². The van der Waals surface area contributed by atoms with Gasteiger partial charge in [-0.15, -0.1) is 0 Å². The molecule has 2 aliphatic rings. The van der Waals surface area contributed by atoms with E-state index in [1.165, 1.54) is 25.7 Å². The second kappa shape index (κ2) is 3.44. The molecule has 2 heteroatoms. The van der Waals surface area contributed by atoms with Crippen LogP contribution in [0.3, 0.4) is 0 Å². The molecule has 0 bridgehead atoms. The van der Waals surface area contributed by atoms with Crippen LogP contribution in [0.1, 0.15) is 38.5 Å². The summed E-state index contributed by atoms with van der Waals surface area (Å²) >= 11 is 0. The zero-order valence-electron chi connectivity index (χ0n) is 7.92. The van der Waals surface area contributed by atoms with Crippen LogP contribution in [0.25, 0.3) is 0 Å². The Hall–Kier alpha value is -0.920. The number of ether oxygens (including phenoxy) is 2. The predicted octanol–water partition coefficient (Wildman–Crippen LogP) is 3.11. The molecule has 0 aromatic rings. The van der Waals surface area contributed by atoms with Gasteiger partial charge in [0, 0.05) is 18.9 Å². The van der Waals surface area contributed by atoms with Gasteiger partial charge in [-0.3, -0.25) is 0 Å². The normalized spacial score (nSPS) is 26.3. The van der Waals surface area contributed by atoms with Crippen LogP contribution in [0.15, 0.2) is 24.7 Å². The molecule has 0 unspecified atom stereocenters. The second-order valence-electron chi connectivity index (χ2n) is 3.81. The summed E-state index contributed by atoms with van der Waals surface area (Å²) in [4.78, 5) is 0. The molecule has 1 heterocycles. The van der Waals surface area contributed by atoms with E-state index in [4.69, 9.17) is 9.47 Å². The lowest BCUT2D eigenvalue weighted by molar-refractivity contribution is -0.196. The maximum absolute atomic E-state index is 5.69. The second-order valence-corrected chi connectivity index (χ2v) is 3.81. The monoisotopic (exact) mass is 180 g/mol. The van der Waals surface area contributed by atoms with Crippen molar-refractivity contribution in [2.24, 2.45) is 0 Å². The predicted molar refractivity (Wildman–Crippen MR) is 50.9 cm³/mol. The van der Waals surface area contributed by atoms with Crippen molar-refractivity contribution < 1.29 is 9.47 Å². The third-order valence-corrected chi connectivity index (χ3v) is 2.72. The van der Waals surface area contributed by atoms with Gasteiger partial charge in [0.2, 0.25) is 5.79 Å². The smallest absolute Gasteiger partial charge is 0.250 e. The molecule has 1 fully saturated rings. The van der Waals surface area contributed by atoms with Crippen molar-refractivity contribution in [2.75, 3.05) is 0 Å². The van der Waals surface area contributed by atoms with Crippen molar-refractivity contribution in [3.8, 4) is 0 Å². The highest BCUT2D eigenvalue weighted by Crippen LogP contribution is 2.35.